The number of imidazole rings is 1. The van der Waals surface area contributed by atoms with E-state index in [1.54, 1.807) is 6.07 Å². The van der Waals surface area contributed by atoms with Crippen molar-refractivity contribution in [1.82, 2.24) is 14.9 Å². The van der Waals surface area contributed by atoms with Crippen LogP contribution in [0.1, 0.15) is 31.3 Å². The number of para-hydroxylation sites is 2. The molecule has 0 radical (unpaired) electrons. The van der Waals surface area contributed by atoms with Gasteiger partial charge in [-0.25, -0.2) is 4.98 Å². The lowest BCUT2D eigenvalue weighted by molar-refractivity contribution is -0.384. The molecular weight excluding hydrogens is 340 g/mol. The predicted octanol–water partition coefficient (Wildman–Crippen LogP) is 4.47. The normalized spacial score (nSPS) is 12.4. The van der Waals surface area contributed by atoms with Crippen LogP contribution in [-0.4, -0.2) is 14.5 Å². The van der Waals surface area contributed by atoms with Crippen LogP contribution >= 0.6 is 11.6 Å². The zero-order valence-electron chi connectivity index (χ0n) is 14.1. The van der Waals surface area contributed by atoms with E-state index in [2.05, 4.69) is 22.9 Å². The fourth-order valence-corrected chi connectivity index (χ4v) is 3.11. The van der Waals surface area contributed by atoms with Crippen LogP contribution in [0, 0.1) is 10.1 Å². The monoisotopic (exact) mass is 358 g/mol. The molecule has 7 heteroatoms. The van der Waals surface area contributed by atoms with Gasteiger partial charge in [-0.1, -0.05) is 23.7 Å². The van der Waals surface area contributed by atoms with Crippen molar-refractivity contribution in [3.05, 3.63) is 69.0 Å². The quantitative estimate of drug-likeness (QED) is 0.521. The summed E-state index contributed by atoms with van der Waals surface area (Å²) in [5.74, 6) is 0.935. The number of non-ortho nitro benzene ring substituents is 1. The predicted molar refractivity (Wildman–Crippen MR) is 98.8 cm³/mol. The molecular formula is C18H19ClN4O2. The van der Waals surface area contributed by atoms with E-state index in [-0.39, 0.29) is 11.7 Å². The average Bonchev–Trinajstić information content (AvgIpc) is 2.99. The van der Waals surface area contributed by atoms with Gasteiger partial charge in [0.1, 0.15) is 5.82 Å². The molecule has 1 unspecified atom stereocenters. The maximum Gasteiger partial charge on any atom is 0.269 e. The molecule has 0 aliphatic carbocycles. The second kappa shape index (κ2) is 7.21. The van der Waals surface area contributed by atoms with Gasteiger partial charge in [0.25, 0.3) is 5.69 Å². The number of aromatic nitrogens is 2. The summed E-state index contributed by atoms with van der Waals surface area (Å²) < 4.78 is 2.17. The smallest absolute Gasteiger partial charge is 0.269 e. The fourth-order valence-electron chi connectivity index (χ4n) is 2.92. The van der Waals surface area contributed by atoms with E-state index in [9.17, 15) is 10.1 Å². The summed E-state index contributed by atoms with van der Waals surface area (Å²) in [5, 5.41) is 14.8. The van der Waals surface area contributed by atoms with Gasteiger partial charge in [0, 0.05) is 30.2 Å². The lowest BCUT2D eigenvalue weighted by Gasteiger charge is -2.16. The Labute approximate surface area is 150 Å². The van der Waals surface area contributed by atoms with Gasteiger partial charge in [-0.05, 0) is 37.6 Å². The van der Waals surface area contributed by atoms with Crippen molar-refractivity contribution in [2.24, 2.45) is 0 Å². The van der Waals surface area contributed by atoms with Crippen molar-refractivity contribution in [2.45, 2.75) is 33.0 Å². The van der Waals surface area contributed by atoms with Gasteiger partial charge < -0.3 is 9.88 Å². The molecule has 0 fully saturated rings. The Morgan fingerprint density at radius 2 is 2.08 bits per heavy atom. The third-order valence-electron chi connectivity index (χ3n) is 4.23. The number of nitro groups is 1. The zero-order chi connectivity index (χ0) is 18.0. The molecule has 0 aliphatic heterocycles. The Hall–Kier alpha value is -2.44. The number of hydrogen-bond acceptors (Lipinski definition) is 4. The highest BCUT2D eigenvalue weighted by atomic mass is 35.5. The van der Waals surface area contributed by atoms with Gasteiger partial charge in [0.2, 0.25) is 0 Å². The van der Waals surface area contributed by atoms with Crippen LogP contribution in [-0.2, 0) is 13.1 Å². The van der Waals surface area contributed by atoms with Crippen molar-refractivity contribution in [3.8, 4) is 0 Å². The second-order valence-corrected chi connectivity index (χ2v) is 6.25. The van der Waals surface area contributed by atoms with Crippen LogP contribution in [0.5, 0.6) is 0 Å². The number of halogens is 1. The topological polar surface area (TPSA) is 73.0 Å². The van der Waals surface area contributed by atoms with Crippen LogP contribution in [0.2, 0.25) is 5.02 Å². The molecule has 1 atom stereocenters. The largest absolute Gasteiger partial charge is 0.327 e. The van der Waals surface area contributed by atoms with E-state index in [0.29, 0.717) is 17.1 Å². The van der Waals surface area contributed by atoms with Crippen LogP contribution in [0.3, 0.4) is 0 Å². The Morgan fingerprint density at radius 3 is 2.80 bits per heavy atom. The zero-order valence-corrected chi connectivity index (χ0v) is 14.8. The molecule has 3 aromatic rings. The van der Waals surface area contributed by atoms with Crippen molar-refractivity contribution >= 4 is 28.3 Å². The summed E-state index contributed by atoms with van der Waals surface area (Å²) in [7, 11) is 0. The summed E-state index contributed by atoms with van der Waals surface area (Å²) in [6.45, 7) is 5.36. The molecule has 2 aromatic carbocycles. The van der Waals surface area contributed by atoms with Gasteiger partial charge in [0.15, 0.2) is 0 Å². The summed E-state index contributed by atoms with van der Waals surface area (Å²) >= 11 is 6.17. The second-order valence-electron chi connectivity index (χ2n) is 5.84. The van der Waals surface area contributed by atoms with Gasteiger partial charge in [-0.3, -0.25) is 10.1 Å². The molecule has 0 bridgehead atoms. The maximum absolute atomic E-state index is 10.9. The highest BCUT2D eigenvalue weighted by molar-refractivity contribution is 6.31. The first-order valence-corrected chi connectivity index (χ1v) is 8.50. The molecule has 0 amide bonds. The minimum absolute atomic E-state index is 0.0253. The molecule has 0 aliphatic rings. The Bertz CT molecular complexity index is 923. The highest BCUT2D eigenvalue weighted by Gasteiger charge is 2.16. The molecule has 1 heterocycles. The number of benzene rings is 2. The highest BCUT2D eigenvalue weighted by Crippen LogP contribution is 2.24. The van der Waals surface area contributed by atoms with E-state index in [4.69, 9.17) is 16.6 Å². The number of rotatable bonds is 6. The molecule has 6 nitrogen and oxygen atoms in total. The van der Waals surface area contributed by atoms with Crippen LogP contribution in [0.15, 0.2) is 42.5 Å². The molecule has 25 heavy (non-hydrogen) atoms. The van der Waals surface area contributed by atoms with Crippen LogP contribution in [0.4, 0.5) is 5.69 Å². The molecule has 0 saturated carbocycles. The molecule has 1 aromatic heterocycles. The van der Waals surface area contributed by atoms with E-state index >= 15 is 0 Å². The number of nitrogens with zero attached hydrogens (tertiary/aromatic N) is 3. The summed E-state index contributed by atoms with van der Waals surface area (Å²) in [4.78, 5) is 15.2. The Kier molecular flexibility index (Phi) is 5.01. The van der Waals surface area contributed by atoms with E-state index in [1.165, 1.54) is 12.1 Å². The molecule has 130 valence electrons. The van der Waals surface area contributed by atoms with E-state index in [0.717, 1.165) is 23.4 Å². The number of nitro benzene ring substituents is 1. The van der Waals surface area contributed by atoms with E-state index in [1.807, 2.05) is 25.1 Å². The maximum atomic E-state index is 10.9. The number of aryl methyl sites for hydroxylation is 1. The fraction of sp³-hybridized carbons (Fsp3) is 0.278. The summed E-state index contributed by atoms with van der Waals surface area (Å²) in [5.41, 5.74) is 2.79. The molecule has 3 rings (SSSR count). The summed E-state index contributed by atoms with van der Waals surface area (Å²) in [6.07, 6.45) is 0. The summed E-state index contributed by atoms with van der Waals surface area (Å²) in [6, 6.07) is 12.5. The number of hydrogen-bond donors (Lipinski definition) is 1. The Morgan fingerprint density at radius 1 is 1.32 bits per heavy atom. The first-order chi connectivity index (χ1) is 12.0. The third-order valence-corrected chi connectivity index (χ3v) is 4.60. The molecule has 0 spiro atoms. The first-order valence-electron chi connectivity index (χ1n) is 8.12. The minimum Gasteiger partial charge on any atom is -0.327 e. The SMILES string of the molecule is CCn1c(C(C)NCc2cc([N+](=O)[O-])ccc2Cl)nc2ccccc21. The number of fused-ring (bicyclic) bond motifs is 1. The lowest BCUT2D eigenvalue weighted by Crippen LogP contribution is -2.22. The third kappa shape index (κ3) is 3.50. The van der Waals surface area contributed by atoms with Crippen molar-refractivity contribution < 1.29 is 4.92 Å². The van der Waals surface area contributed by atoms with Gasteiger partial charge in [0.05, 0.1) is 22.0 Å². The van der Waals surface area contributed by atoms with Gasteiger partial charge in [-0.2, -0.15) is 0 Å². The van der Waals surface area contributed by atoms with Crippen LogP contribution in [0.25, 0.3) is 11.0 Å². The Balaban J connectivity index is 1.83. The average molecular weight is 359 g/mol. The van der Waals surface area contributed by atoms with Crippen LogP contribution < -0.4 is 5.32 Å². The van der Waals surface area contributed by atoms with Crippen molar-refractivity contribution in [2.75, 3.05) is 0 Å². The first kappa shape index (κ1) is 17.4. The molecule has 0 saturated heterocycles. The van der Waals surface area contributed by atoms with Crippen molar-refractivity contribution in [1.29, 1.82) is 0 Å². The van der Waals surface area contributed by atoms with E-state index < -0.39 is 4.92 Å². The van der Waals surface area contributed by atoms with Gasteiger partial charge in [-0.15, -0.1) is 0 Å². The minimum atomic E-state index is -0.417. The number of nitrogens with one attached hydrogen (secondary N) is 1. The lowest BCUT2D eigenvalue weighted by atomic mass is 10.2. The van der Waals surface area contributed by atoms with Gasteiger partial charge >= 0.3 is 0 Å². The standard InChI is InChI=1S/C18H19ClN4O2/c1-3-22-17-7-5-4-6-16(17)21-18(22)12(2)20-11-13-10-14(23(24)25)8-9-15(13)19/h4-10,12,20H,3,11H2,1-2H3. The molecule has 1 N–H and O–H groups in total. The van der Waals surface area contributed by atoms with Crippen molar-refractivity contribution in [3.63, 3.8) is 0 Å².